The molecule has 1 aromatic carbocycles. The number of H-pyrrole nitrogens is 1. The number of aromatic amines is 1. The number of aliphatic hydroxyl groups excluding tert-OH is 2. The molecule has 8 nitrogen and oxygen atoms in total. The third-order valence-electron chi connectivity index (χ3n) is 5.28. The van der Waals surface area contributed by atoms with E-state index in [0.29, 0.717) is 40.9 Å². The van der Waals surface area contributed by atoms with Gasteiger partial charge in [0, 0.05) is 17.5 Å². The van der Waals surface area contributed by atoms with Crippen molar-refractivity contribution >= 4 is 22.8 Å². The number of halogens is 1. The molecule has 31 heavy (non-hydrogen) atoms. The number of nitrogens with zero attached hydrogens (tertiary/aromatic N) is 2. The van der Waals surface area contributed by atoms with Gasteiger partial charge in [0.05, 0.1) is 36.1 Å². The van der Waals surface area contributed by atoms with Crippen LogP contribution < -0.4 is 4.74 Å². The molecule has 4 heterocycles. The second-order valence-corrected chi connectivity index (χ2v) is 7.81. The third kappa shape index (κ3) is 3.99. The fourth-order valence-electron chi connectivity index (χ4n) is 3.77. The predicted octanol–water partition coefficient (Wildman–Crippen LogP) is 1.92. The molecule has 0 saturated carbocycles. The highest BCUT2D eigenvalue weighted by molar-refractivity contribution is 6.33. The lowest BCUT2D eigenvalue weighted by atomic mass is 10.1. The van der Waals surface area contributed by atoms with Crippen LogP contribution in [0.15, 0.2) is 30.3 Å². The second kappa shape index (κ2) is 8.46. The molecule has 0 amide bonds. The molecule has 4 atom stereocenters. The first-order chi connectivity index (χ1) is 15.1. The first-order valence-electron chi connectivity index (χ1n) is 9.97. The van der Waals surface area contributed by atoms with Gasteiger partial charge in [0.1, 0.15) is 18.3 Å². The van der Waals surface area contributed by atoms with Gasteiger partial charge < -0.3 is 29.4 Å². The molecule has 2 fully saturated rings. The van der Waals surface area contributed by atoms with Crippen LogP contribution in [0, 0.1) is 11.8 Å². The Bertz CT molecular complexity index is 1150. The topological polar surface area (TPSA) is 110 Å². The van der Waals surface area contributed by atoms with Crippen LogP contribution in [0.5, 0.6) is 6.01 Å². The third-order valence-corrected chi connectivity index (χ3v) is 5.57. The molecule has 2 aliphatic rings. The number of benzene rings is 1. The lowest BCUT2D eigenvalue weighted by Crippen LogP contribution is -2.34. The van der Waals surface area contributed by atoms with Gasteiger partial charge in [-0.05, 0) is 18.2 Å². The van der Waals surface area contributed by atoms with E-state index in [2.05, 4.69) is 26.8 Å². The average molecular weight is 442 g/mol. The van der Waals surface area contributed by atoms with Gasteiger partial charge in [0.25, 0.3) is 6.01 Å². The van der Waals surface area contributed by atoms with Gasteiger partial charge in [-0.25, -0.2) is 4.98 Å². The number of hydrogen-bond acceptors (Lipinski definition) is 7. The quantitative estimate of drug-likeness (QED) is 0.530. The Hall–Kier alpha value is -2.67. The second-order valence-electron chi connectivity index (χ2n) is 7.40. The van der Waals surface area contributed by atoms with Gasteiger partial charge in [-0.3, -0.25) is 0 Å². The summed E-state index contributed by atoms with van der Waals surface area (Å²) in [4.78, 5) is 12.1. The summed E-state index contributed by atoms with van der Waals surface area (Å²) in [6.45, 7) is 0.599. The summed E-state index contributed by atoms with van der Waals surface area (Å²) in [5, 5.41) is 19.2. The van der Waals surface area contributed by atoms with Crippen LogP contribution in [-0.2, 0) is 9.47 Å². The number of fused-ring (bicyclic) bond motifs is 2. The highest BCUT2D eigenvalue weighted by atomic mass is 35.5. The Morgan fingerprint density at radius 1 is 1.16 bits per heavy atom. The van der Waals surface area contributed by atoms with Crippen LogP contribution in [0.25, 0.3) is 22.4 Å². The molecule has 1 unspecified atom stereocenters. The van der Waals surface area contributed by atoms with E-state index >= 15 is 0 Å². The molecule has 3 aromatic rings. The molecule has 2 aromatic heterocycles. The summed E-state index contributed by atoms with van der Waals surface area (Å²) in [7, 11) is 0. The molecule has 0 radical (unpaired) electrons. The normalized spacial score (nSPS) is 24.7. The Labute approximate surface area is 183 Å². The minimum absolute atomic E-state index is 0.0456. The van der Waals surface area contributed by atoms with E-state index < -0.39 is 6.10 Å². The zero-order valence-corrected chi connectivity index (χ0v) is 17.2. The van der Waals surface area contributed by atoms with Crippen molar-refractivity contribution in [1.82, 2.24) is 15.0 Å². The van der Waals surface area contributed by atoms with Gasteiger partial charge in [-0.2, -0.15) is 4.98 Å². The van der Waals surface area contributed by atoms with E-state index in [0.717, 1.165) is 11.1 Å². The van der Waals surface area contributed by atoms with E-state index in [4.69, 9.17) is 30.9 Å². The molecule has 0 aliphatic carbocycles. The summed E-state index contributed by atoms with van der Waals surface area (Å²) in [5.74, 6) is 5.88. The number of rotatable bonds is 4. The lowest BCUT2D eigenvalue weighted by Gasteiger charge is -2.15. The smallest absolute Gasteiger partial charge is 0.296 e. The number of aliphatic hydroxyl groups is 2. The highest BCUT2D eigenvalue weighted by Crippen LogP contribution is 2.32. The number of nitrogens with one attached hydrogen (secondary N) is 1. The van der Waals surface area contributed by atoms with Crippen LogP contribution in [0.1, 0.15) is 12.0 Å². The van der Waals surface area contributed by atoms with Crippen LogP contribution in [-0.4, -0.2) is 69.4 Å². The zero-order valence-electron chi connectivity index (χ0n) is 16.4. The van der Waals surface area contributed by atoms with E-state index in [-0.39, 0.29) is 31.5 Å². The minimum Gasteiger partial charge on any atom is -0.456 e. The summed E-state index contributed by atoms with van der Waals surface area (Å²) >= 11 is 6.47. The van der Waals surface area contributed by atoms with Gasteiger partial charge in [0.15, 0.2) is 11.8 Å². The van der Waals surface area contributed by atoms with Crippen molar-refractivity contribution in [3.63, 3.8) is 0 Å². The summed E-state index contributed by atoms with van der Waals surface area (Å²) in [5.41, 5.74) is 3.42. The van der Waals surface area contributed by atoms with Crippen molar-refractivity contribution < 1.29 is 24.4 Å². The molecular formula is C22H20ClN3O5. The monoisotopic (exact) mass is 441 g/mol. The Morgan fingerprint density at radius 2 is 1.97 bits per heavy atom. The van der Waals surface area contributed by atoms with Crippen molar-refractivity contribution in [3.8, 4) is 29.1 Å². The molecule has 2 saturated heterocycles. The van der Waals surface area contributed by atoms with E-state index in [1.165, 1.54) is 0 Å². The maximum absolute atomic E-state index is 9.87. The van der Waals surface area contributed by atoms with Gasteiger partial charge >= 0.3 is 0 Å². The van der Waals surface area contributed by atoms with Gasteiger partial charge in [-0.15, -0.1) is 0 Å². The Kier molecular flexibility index (Phi) is 5.52. The maximum atomic E-state index is 9.87. The minimum atomic E-state index is -0.635. The number of pyridine rings is 1. The number of aromatic nitrogens is 3. The van der Waals surface area contributed by atoms with E-state index in [9.17, 15) is 5.11 Å². The van der Waals surface area contributed by atoms with Crippen LogP contribution in [0.3, 0.4) is 0 Å². The average Bonchev–Trinajstić information content (AvgIpc) is 3.45. The molecule has 0 bridgehead atoms. The Balaban J connectivity index is 1.37. The van der Waals surface area contributed by atoms with Crippen molar-refractivity contribution in [3.05, 3.63) is 40.9 Å². The summed E-state index contributed by atoms with van der Waals surface area (Å²) < 4.78 is 17.1. The first kappa shape index (κ1) is 20.2. The maximum Gasteiger partial charge on any atom is 0.296 e. The molecular weight excluding hydrogens is 422 g/mol. The van der Waals surface area contributed by atoms with Crippen molar-refractivity contribution in [2.24, 2.45) is 0 Å². The number of imidazole rings is 1. The van der Waals surface area contributed by atoms with Crippen LogP contribution in [0.4, 0.5) is 0 Å². The molecule has 2 aliphatic heterocycles. The lowest BCUT2D eigenvalue weighted by molar-refractivity contribution is 0.00706. The standard InChI is InChI=1S/C22H20ClN3O5/c23-14-9-15-21(25-18(14)13-6-4-12(5-7-13)3-1-2-8-27)26-22(24-15)31-17-11-30-19-16(28)10-29-20(17)19/h4-7,9,16-17,19-20,27-28H,2,8,10-11H2,(H,24,25,26)/t16-,17-,19?,20-/m1/s1. The predicted molar refractivity (Wildman–Crippen MR) is 113 cm³/mol. The Morgan fingerprint density at radius 3 is 2.77 bits per heavy atom. The van der Waals surface area contributed by atoms with Crippen molar-refractivity contribution in [2.45, 2.75) is 30.8 Å². The molecule has 0 spiro atoms. The van der Waals surface area contributed by atoms with Gasteiger partial charge in [-0.1, -0.05) is 35.6 Å². The zero-order chi connectivity index (χ0) is 21.4. The van der Waals surface area contributed by atoms with E-state index in [1.807, 2.05) is 24.3 Å². The van der Waals surface area contributed by atoms with Crippen LogP contribution in [0.2, 0.25) is 5.02 Å². The number of ether oxygens (including phenoxy) is 3. The fraction of sp³-hybridized carbons (Fsp3) is 0.364. The SMILES string of the molecule is OCCC#Cc1ccc(-c2nc3nc(O[C@@H]4COC5[C@H](O)CO[C@@H]54)[nH]c3cc2Cl)cc1. The molecule has 3 N–H and O–H groups in total. The molecule has 9 heteroatoms. The highest BCUT2D eigenvalue weighted by Gasteiger charge is 2.48. The van der Waals surface area contributed by atoms with Crippen molar-refractivity contribution in [1.29, 1.82) is 0 Å². The first-order valence-corrected chi connectivity index (χ1v) is 10.3. The fourth-order valence-corrected chi connectivity index (χ4v) is 4.03. The van der Waals surface area contributed by atoms with Crippen LogP contribution >= 0.6 is 11.6 Å². The molecule has 5 rings (SSSR count). The van der Waals surface area contributed by atoms with Gasteiger partial charge in [0.2, 0.25) is 0 Å². The van der Waals surface area contributed by atoms with E-state index in [1.54, 1.807) is 6.07 Å². The largest absolute Gasteiger partial charge is 0.456 e. The number of hydrogen-bond donors (Lipinski definition) is 3. The van der Waals surface area contributed by atoms with Crippen molar-refractivity contribution in [2.75, 3.05) is 19.8 Å². The molecule has 160 valence electrons. The summed E-state index contributed by atoms with van der Waals surface area (Å²) in [6, 6.07) is 9.61. The summed E-state index contributed by atoms with van der Waals surface area (Å²) in [6.07, 6.45) is -1.25.